The van der Waals surface area contributed by atoms with Crippen LogP contribution in [0.1, 0.15) is 34.2 Å². The molecule has 1 saturated heterocycles. The first kappa shape index (κ1) is 14.5. The van der Waals surface area contributed by atoms with Gasteiger partial charge in [-0.2, -0.15) is 0 Å². The molecule has 4 rings (SSSR count). The summed E-state index contributed by atoms with van der Waals surface area (Å²) < 4.78 is 7.47. The van der Waals surface area contributed by atoms with Crippen LogP contribution in [0.5, 0.6) is 0 Å². The summed E-state index contributed by atoms with van der Waals surface area (Å²) in [5.41, 5.74) is 1.95. The van der Waals surface area contributed by atoms with Crippen LogP contribution in [0.15, 0.2) is 36.5 Å². The molecule has 1 fully saturated rings. The van der Waals surface area contributed by atoms with E-state index < -0.39 is 0 Å². The van der Waals surface area contributed by atoms with Crippen LogP contribution in [0, 0.1) is 0 Å². The number of morpholine rings is 1. The van der Waals surface area contributed by atoms with Gasteiger partial charge in [0, 0.05) is 38.2 Å². The highest BCUT2D eigenvalue weighted by Crippen LogP contribution is 2.28. The molecule has 23 heavy (non-hydrogen) atoms. The van der Waals surface area contributed by atoms with Gasteiger partial charge < -0.3 is 14.2 Å². The van der Waals surface area contributed by atoms with Crippen LogP contribution in [0.25, 0.3) is 0 Å². The maximum atomic E-state index is 12.6. The molecule has 5 heteroatoms. The lowest BCUT2D eigenvalue weighted by Crippen LogP contribution is -2.40. The smallest absolute Gasteiger partial charge is 0.274 e. The Labute approximate surface area is 135 Å². The van der Waals surface area contributed by atoms with E-state index in [1.165, 1.54) is 5.56 Å². The van der Waals surface area contributed by atoms with Gasteiger partial charge in [0.05, 0.1) is 13.2 Å². The molecule has 1 amide bonds. The number of carbonyl (C=O) groups excluding carboxylic acids is 1. The average Bonchev–Trinajstić information content (AvgIpc) is 3.06. The lowest BCUT2D eigenvalue weighted by molar-refractivity contribution is 0.0299. The van der Waals surface area contributed by atoms with Crippen molar-refractivity contribution in [3.05, 3.63) is 53.6 Å². The lowest BCUT2D eigenvalue weighted by Gasteiger charge is -2.25. The molecular weight excluding hydrogens is 290 g/mol. The monoisotopic (exact) mass is 311 g/mol. The van der Waals surface area contributed by atoms with Gasteiger partial charge in [0.1, 0.15) is 11.5 Å². The van der Waals surface area contributed by atoms with E-state index in [0.717, 1.165) is 25.2 Å². The third-order valence-electron chi connectivity index (χ3n) is 4.78. The van der Waals surface area contributed by atoms with Gasteiger partial charge in [0.2, 0.25) is 0 Å². The number of hydrogen-bond acceptors (Lipinski definition) is 3. The minimum atomic E-state index is 0.0338. The summed E-state index contributed by atoms with van der Waals surface area (Å²) in [4.78, 5) is 19.0. The van der Waals surface area contributed by atoms with Crippen molar-refractivity contribution in [1.29, 1.82) is 0 Å². The Morgan fingerprint density at radius 2 is 1.96 bits per heavy atom. The number of hydrogen-bond donors (Lipinski definition) is 0. The normalized spacial score (nSPS) is 21.0. The molecule has 2 aromatic rings. The molecule has 5 nitrogen and oxygen atoms in total. The molecule has 0 saturated carbocycles. The van der Waals surface area contributed by atoms with Gasteiger partial charge in [-0.05, 0) is 12.0 Å². The Morgan fingerprint density at radius 1 is 1.17 bits per heavy atom. The predicted molar refractivity (Wildman–Crippen MR) is 86.5 cm³/mol. The van der Waals surface area contributed by atoms with E-state index in [2.05, 4.69) is 33.8 Å². The van der Waals surface area contributed by atoms with E-state index in [0.29, 0.717) is 37.9 Å². The molecular formula is C18H21N3O2. The molecule has 2 aliphatic rings. The zero-order valence-corrected chi connectivity index (χ0v) is 13.1. The minimum Gasteiger partial charge on any atom is -0.378 e. The molecule has 1 aromatic carbocycles. The third-order valence-corrected chi connectivity index (χ3v) is 4.78. The van der Waals surface area contributed by atoms with Crippen molar-refractivity contribution < 1.29 is 9.53 Å². The minimum absolute atomic E-state index is 0.0338. The van der Waals surface area contributed by atoms with Gasteiger partial charge in [0.25, 0.3) is 5.91 Å². The number of amides is 1. The topological polar surface area (TPSA) is 47.4 Å². The number of aryl methyl sites for hydroxylation is 1. The Kier molecular flexibility index (Phi) is 3.87. The molecule has 0 radical (unpaired) electrons. The maximum Gasteiger partial charge on any atom is 0.274 e. The summed E-state index contributed by atoms with van der Waals surface area (Å²) in [7, 11) is 0. The highest BCUT2D eigenvalue weighted by Gasteiger charge is 2.26. The van der Waals surface area contributed by atoms with Gasteiger partial charge in [-0.15, -0.1) is 0 Å². The molecule has 1 atom stereocenters. The number of imidazole rings is 1. The zero-order chi connectivity index (χ0) is 15.6. The van der Waals surface area contributed by atoms with Crippen LogP contribution in [-0.2, 0) is 17.7 Å². The van der Waals surface area contributed by atoms with Crippen LogP contribution < -0.4 is 0 Å². The van der Waals surface area contributed by atoms with E-state index >= 15 is 0 Å². The van der Waals surface area contributed by atoms with E-state index in [-0.39, 0.29) is 5.91 Å². The van der Waals surface area contributed by atoms with Crippen molar-refractivity contribution in [1.82, 2.24) is 14.5 Å². The zero-order valence-electron chi connectivity index (χ0n) is 13.1. The van der Waals surface area contributed by atoms with Crippen LogP contribution in [0.2, 0.25) is 0 Å². The molecule has 3 heterocycles. The Hall–Kier alpha value is -2.14. The highest BCUT2D eigenvalue weighted by atomic mass is 16.5. The van der Waals surface area contributed by atoms with Crippen molar-refractivity contribution >= 4 is 5.91 Å². The van der Waals surface area contributed by atoms with Crippen molar-refractivity contribution in [2.24, 2.45) is 0 Å². The Balaban J connectivity index is 1.52. The van der Waals surface area contributed by atoms with Gasteiger partial charge in [0.15, 0.2) is 0 Å². The van der Waals surface area contributed by atoms with Gasteiger partial charge in [-0.1, -0.05) is 30.3 Å². The number of fused-ring (bicyclic) bond motifs is 1. The number of rotatable bonds is 2. The standard InChI is InChI=1S/C18H21N3O2/c22-18(20-8-10-23-11-9-20)16-13-21-12-15(6-7-17(21)19-16)14-4-2-1-3-5-14/h1-5,13,15H,6-12H2/t15-/m0/s1. The van der Waals surface area contributed by atoms with Crippen molar-refractivity contribution in [2.75, 3.05) is 26.3 Å². The Bertz CT molecular complexity index is 690. The van der Waals surface area contributed by atoms with Crippen LogP contribution >= 0.6 is 0 Å². The van der Waals surface area contributed by atoms with E-state index in [9.17, 15) is 4.79 Å². The fourth-order valence-corrected chi connectivity index (χ4v) is 3.47. The van der Waals surface area contributed by atoms with E-state index in [1.807, 2.05) is 17.2 Å². The van der Waals surface area contributed by atoms with Crippen LogP contribution in [0.4, 0.5) is 0 Å². The second-order valence-corrected chi connectivity index (χ2v) is 6.25. The summed E-state index contributed by atoms with van der Waals surface area (Å²) in [6.45, 7) is 3.47. The van der Waals surface area contributed by atoms with Gasteiger partial charge >= 0.3 is 0 Å². The van der Waals surface area contributed by atoms with Crippen LogP contribution in [-0.4, -0.2) is 46.7 Å². The second-order valence-electron chi connectivity index (χ2n) is 6.25. The molecule has 2 aliphatic heterocycles. The van der Waals surface area contributed by atoms with Crippen molar-refractivity contribution in [2.45, 2.75) is 25.3 Å². The fraction of sp³-hybridized carbons (Fsp3) is 0.444. The number of nitrogens with zero attached hydrogens (tertiary/aromatic N) is 3. The summed E-state index contributed by atoms with van der Waals surface area (Å²) in [5.74, 6) is 1.57. The van der Waals surface area contributed by atoms with E-state index in [1.54, 1.807) is 0 Å². The molecule has 1 aromatic heterocycles. The van der Waals surface area contributed by atoms with Crippen molar-refractivity contribution in [3.8, 4) is 0 Å². The van der Waals surface area contributed by atoms with Crippen molar-refractivity contribution in [3.63, 3.8) is 0 Å². The number of ether oxygens (including phenoxy) is 1. The van der Waals surface area contributed by atoms with Gasteiger partial charge in [-0.3, -0.25) is 4.79 Å². The van der Waals surface area contributed by atoms with Gasteiger partial charge in [-0.25, -0.2) is 4.98 Å². The predicted octanol–water partition coefficient (Wildman–Crippen LogP) is 2.09. The third kappa shape index (κ3) is 2.88. The lowest BCUT2D eigenvalue weighted by atomic mass is 9.92. The van der Waals surface area contributed by atoms with E-state index in [4.69, 9.17) is 4.74 Å². The summed E-state index contributed by atoms with van der Waals surface area (Å²) in [6, 6.07) is 10.6. The molecule has 120 valence electrons. The molecule has 0 bridgehead atoms. The number of benzene rings is 1. The summed E-state index contributed by atoms with van der Waals surface area (Å²) in [6.07, 6.45) is 3.95. The molecule has 0 aliphatic carbocycles. The van der Waals surface area contributed by atoms with Crippen LogP contribution in [0.3, 0.4) is 0 Å². The summed E-state index contributed by atoms with van der Waals surface area (Å²) >= 11 is 0. The average molecular weight is 311 g/mol. The first-order chi connectivity index (χ1) is 11.3. The quantitative estimate of drug-likeness (QED) is 0.853. The SMILES string of the molecule is O=C(c1cn2c(n1)CC[C@H](c1ccccc1)C2)N1CCOCC1. The largest absolute Gasteiger partial charge is 0.378 e. The summed E-state index contributed by atoms with van der Waals surface area (Å²) in [5, 5.41) is 0. The molecule has 0 unspecified atom stereocenters. The first-order valence-corrected chi connectivity index (χ1v) is 8.29. The number of aromatic nitrogens is 2. The molecule has 0 N–H and O–H groups in total. The molecule has 0 spiro atoms. The fourth-order valence-electron chi connectivity index (χ4n) is 3.47. The Morgan fingerprint density at radius 3 is 2.74 bits per heavy atom. The first-order valence-electron chi connectivity index (χ1n) is 8.29. The maximum absolute atomic E-state index is 12.6. The second kappa shape index (κ2) is 6.16. The number of carbonyl (C=O) groups is 1. The highest BCUT2D eigenvalue weighted by molar-refractivity contribution is 5.92.